The Bertz CT molecular complexity index is 456. The van der Waals surface area contributed by atoms with Gasteiger partial charge in [-0.2, -0.15) is 0 Å². The van der Waals surface area contributed by atoms with Crippen LogP contribution < -0.4 is 5.32 Å². The standard InChI is InChI=1S/C16H23N3O2.ClH/c1-2-10-21-11-4-6-16(20)19-9-8-18-13-15(19)14-5-3-7-17-12-14;/h2-3,5,7,12,15,18H,1,4,6,8-11,13H2;1H. The van der Waals surface area contributed by atoms with Gasteiger partial charge in [0.05, 0.1) is 12.6 Å². The van der Waals surface area contributed by atoms with Gasteiger partial charge in [0.15, 0.2) is 0 Å². The zero-order valence-electron chi connectivity index (χ0n) is 12.7. The first-order valence-corrected chi connectivity index (χ1v) is 7.41. The third-order valence-corrected chi connectivity index (χ3v) is 3.55. The van der Waals surface area contributed by atoms with Gasteiger partial charge in [-0.3, -0.25) is 9.78 Å². The van der Waals surface area contributed by atoms with Crippen molar-refractivity contribution in [2.75, 3.05) is 32.8 Å². The molecule has 0 radical (unpaired) electrons. The molecule has 0 aromatic carbocycles. The second-order valence-corrected chi connectivity index (χ2v) is 5.06. The van der Waals surface area contributed by atoms with Crippen LogP contribution >= 0.6 is 12.4 Å². The summed E-state index contributed by atoms with van der Waals surface area (Å²) < 4.78 is 5.32. The fraction of sp³-hybridized carbons (Fsp3) is 0.500. The minimum absolute atomic E-state index is 0. The fourth-order valence-electron chi connectivity index (χ4n) is 2.51. The van der Waals surface area contributed by atoms with E-state index in [1.807, 2.05) is 23.2 Å². The maximum Gasteiger partial charge on any atom is 0.223 e. The van der Waals surface area contributed by atoms with Crippen molar-refractivity contribution in [1.82, 2.24) is 15.2 Å². The number of nitrogens with zero attached hydrogens (tertiary/aromatic N) is 2. The van der Waals surface area contributed by atoms with Gasteiger partial charge in [0, 0.05) is 45.1 Å². The Hall–Kier alpha value is -1.43. The van der Waals surface area contributed by atoms with E-state index in [2.05, 4.69) is 16.9 Å². The van der Waals surface area contributed by atoms with Crippen molar-refractivity contribution in [3.63, 3.8) is 0 Å². The van der Waals surface area contributed by atoms with Gasteiger partial charge in [0.1, 0.15) is 0 Å². The van der Waals surface area contributed by atoms with E-state index in [0.29, 0.717) is 19.6 Å². The molecule has 1 amide bonds. The molecule has 0 bridgehead atoms. The van der Waals surface area contributed by atoms with E-state index < -0.39 is 0 Å². The molecule has 0 spiro atoms. The molecule has 1 saturated heterocycles. The molecule has 122 valence electrons. The van der Waals surface area contributed by atoms with Crippen LogP contribution in [0, 0.1) is 0 Å². The van der Waals surface area contributed by atoms with Gasteiger partial charge in [0.25, 0.3) is 0 Å². The van der Waals surface area contributed by atoms with E-state index >= 15 is 0 Å². The van der Waals surface area contributed by atoms with Crippen LogP contribution in [0.25, 0.3) is 0 Å². The Balaban J connectivity index is 0.00000242. The summed E-state index contributed by atoms with van der Waals surface area (Å²) in [5.41, 5.74) is 1.08. The Morgan fingerprint density at radius 3 is 3.18 bits per heavy atom. The number of halogens is 1. The molecule has 2 rings (SSSR count). The summed E-state index contributed by atoms with van der Waals surface area (Å²) in [7, 11) is 0. The van der Waals surface area contributed by atoms with E-state index in [1.54, 1.807) is 12.3 Å². The lowest BCUT2D eigenvalue weighted by Crippen LogP contribution is -2.48. The van der Waals surface area contributed by atoms with Gasteiger partial charge in [0.2, 0.25) is 5.91 Å². The van der Waals surface area contributed by atoms with Crippen molar-refractivity contribution in [2.24, 2.45) is 0 Å². The number of carbonyl (C=O) groups is 1. The van der Waals surface area contributed by atoms with Gasteiger partial charge in [-0.05, 0) is 18.1 Å². The molecule has 2 heterocycles. The molecule has 6 heteroatoms. The zero-order valence-corrected chi connectivity index (χ0v) is 13.6. The summed E-state index contributed by atoms with van der Waals surface area (Å²) in [5.74, 6) is 0.188. The van der Waals surface area contributed by atoms with Crippen LogP contribution in [0.3, 0.4) is 0 Å². The average Bonchev–Trinajstić information content (AvgIpc) is 2.55. The molecule has 22 heavy (non-hydrogen) atoms. The Labute approximate surface area is 138 Å². The second kappa shape index (κ2) is 10.3. The van der Waals surface area contributed by atoms with Gasteiger partial charge < -0.3 is 15.0 Å². The number of amides is 1. The van der Waals surface area contributed by atoms with Crippen LogP contribution in [0.4, 0.5) is 0 Å². The van der Waals surface area contributed by atoms with E-state index in [-0.39, 0.29) is 24.4 Å². The number of aromatic nitrogens is 1. The first-order valence-electron chi connectivity index (χ1n) is 7.41. The van der Waals surface area contributed by atoms with Crippen molar-refractivity contribution in [1.29, 1.82) is 0 Å². The first kappa shape index (κ1) is 18.6. The highest BCUT2D eigenvalue weighted by molar-refractivity contribution is 5.85. The highest BCUT2D eigenvalue weighted by Crippen LogP contribution is 2.22. The number of ether oxygens (including phenoxy) is 1. The molecule has 1 N–H and O–H groups in total. The van der Waals surface area contributed by atoms with Gasteiger partial charge in [-0.25, -0.2) is 0 Å². The molecular formula is C16H24ClN3O2. The molecular weight excluding hydrogens is 302 g/mol. The number of carbonyl (C=O) groups excluding carboxylic acids is 1. The van der Waals surface area contributed by atoms with E-state index in [0.717, 1.165) is 31.6 Å². The first-order chi connectivity index (χ1) is 10.3. The summed E-state index contributed by atoms with van der Waals surface area (Å²) in [5, 5.41) is 3.34. The number of piperazine rings is 1. The Morgan fingerprint density at radius 2 is 2.45 bits per heavy atom. The van der Waals surface area contributed by atoms with E-state index in [9.17, 15) is 4.79 Å². The minimum atomic E-state index is 0. The normalized spacial score (nSPS) is 17.6. The molecule has 1 aliphatic heterocycles. The highest BCUT2D eigenvalue weighted by Gasteiger charge is 2.27. The third kappa shape index (κ3) is 5.40. The smallest absolute Gasteiger partial charge is 0.223 e. The van der Waals surface area contributed by atoms with E-state index in [1.165, 1.54) is 0 Å². The summed E-state index contributed by atoms with van der Waals surface area (Å²) >= 11 is 0. The number of rotatable bonds is 7. The Kier molecular flexibility index (Phi) is 8.74. The maximum atomic E-state index is 12.4. The van der Waals surface area contributed by atoms with Crippen LogP contribution in [-0.2, 0) is 9.53 Å². The van der Waals surface area contributed by atoms with Crippen molar-refractivity contribution >= 4 is 18.3 Å². The van der Waals surface area contributed by atoms with Crippen molar-refractivity contribution in [3.05, 3.63) is 42.7 Å². The quantitative estimate of drug-likeness (QED) is 0.615. The lowest BCUT2D eigenvalue weighted by atomic mass is 10.0. The SMILES string of the molecule is C=CCOCCCC(=O)N1CCNCC1c1cccnc1.Cl. The van der Waals surface area contributed by atoms with Crippen molar-refractivity contribution < 1.29 is 9.53 Å². The number of pyridine rings is 1. The van der Waals surface area contributed by atoms with Crippen LogP contribution in [0.1, 0.15) is 24.4 Å². The van der Waals surface area contributed by atoms with Crippen LogP contribution in [0.5, 0.6) is 0 Å². The van der Waals surface area contributed by atoms with Crippen LogP contribution in [0.2, 0.25) is 0 Å². The monoisotopic (exact) mass is 325 g/mol. The van der Waals surface area contributed by atoms with Gasteiger partial charge in [-0.15, -0.1) is 19.0 Å². The summed E-state index contributed by atoms with van der Waals surface area (Å²) in [4.78, 5) is 18.5. The number of hydrogen-bond acceptors (Lipinski definition) is 4. The fourth-order valence-corrected chi connectivity index (χ4v) is 2.51. The lowest BCUT2D eigenvalue weighted by Gasteiger charge is -2.36. The molecule has 5 nitrogen and oxygen atoms in total. The molecule has 1 atom stereocenters. The van der Waals surface area contributed by atoms with E-state index in [4.69, 9.17) is 4.74 Å². The van der Waals surface area contributed by atoms with Crippen molar-refractivity contribution in [3.8, 4) is 0 Å². The van der Waals surface area contributed by atoms with Crippen LogP contribution in [-0.4, -0.2) is 48.6 Å². The lowest BCUT2D eigenvalue weighted by molar-refractivity contribution is -0.134. The average molecular weight is 326 g/mol. The molecule has 1 aliphatic rings. The summed E-state index contributed by atoms with van der Waals surface area (Å²) in [6.07, 6.45) is 6.58. The predicted molar refractivity (Wildman–Crippen MR) is 89.1 cm³/mol. The Morgan fingerprint density at radius 1 is 1.59 bits per heavy atom. The molecule has 0 aliphatic carbocycles. The second-order valence-electron chi connectivity index (χ2n) is 5.06. The number of nitrogens with one attached hydrogen (secondary N) is 1. The molecule has 1 fully saturated rings. The molecule has 1 aromatic heterocycles. The molecule has 0 saturated carbocycles. The highest BCUT2D eigenvalue weighted by atomic mass is 35.5. The third-order valence-electron chi connectivity index (χ3n) is 3.55. The zero-order chi connectivity index (χ0) is 14.9. The van der Waals surface area contributed by atoms with Crippen LogP contribution in [0.15, 0.2) is 37.2 Å². The van der Waals surface area contributed by atoms with Crippen molar-refractivity contribution in [2.45, 2.75) is 18.9 Å². The van der Waals surface area contributed by atoms with Gasteiger partial charge >= 0.3 is 0 Å². The largest absolute Gasteiger partial charge is 0.377 e. The van der Waals surface area contributed by atoms with Gasteiger partial charge in [-0.1, -0.05) is 12.1 Å². The summed E-state index contributed by atoms with van der Waals surface area (Å²) in [6, 6.07) is 4.02. The predicted octanol–water partition coefficient (Wildman–Crippen LogP) is 1.96. The maximum absolute atomic E-state index is 12.4. The number of hydrogen-bond donors (Lipinski definition) is 1. The molecule has 1 unspecified atom stereocenters. The topological polar surface area (TPSA) is 54.5 Å². The minimum Gasteiger partial charge on any atom is -0.377 e. The molecule has 1 aromatic rings. The summed E-state index contributed by atoms with van der Waals surface area (Å²) in [6.45, 7) is 7.10.